The maximum atomic E-state index is 13.0. The van der Waals surface area contributed by atoms with E-state index in [0.29, 0.717) is 0 Å². The van der Waals surface area contributed by atoms with Crippen LogP contribution in [0.5, 0.6) is 0 Å². The van der Waals surface area contributed by atoms with Crippen molar-refractivity contribution in [1.82, 2.24) is 0 Å². The van der Waals surface area contributed by atoms with Gasteiger partial charge >= 0.3 is 0 Å². The minimum Gasteiger partial charge on any atom is -0.207 e. The normalized spacial score (nSPS) is 10.8. The first kappa shape index (κ1) is 19.2. The molecule has 0 nitrogen and oxygen atoms in total. The quantitative estimate of drug-likeness (QED) is 0.189. The van der Waals surface area contributed by atoms with E-state index in [9.17, 15) is 4.39 Å². The summed E-state index contributed by atoms with van der Waals surface area (Å²) in [5.74, 6) is 6.06. The van der Waals surface area contributed by atoms with Gasteiger partial charge in [0, 0.05) is 11.1 Å². The summed E-state index contributed by atoms with van der Waals surface area (Å²) in [6.45, 7) is 2.25. The zero-order chi connectivity index (χ0) is 20.1. The van der Waals surface area contributed by atoms with Crippen LogP contribution < -0.4 is 0 Å². The SMILES string of the molecule is CCCCCCc1ccc2c(ccc3cc(C#Cc4ccc(F)cc4)ccc32)c1. The van der Waals surface area contributed by atoms with Gasteiger partial charge in [-0.3, -0.25) is 0 Å². The number of fused-ring (bicyclic) bond motifs is 3. The molecule has 29 heavy (non-hydrogen) atoms. The molecule has 0 saturated heterocycles. The van der Waals surface area contributed by atoms with Crippen LogP contribution in [0.3, 0.4) is 0 Å². The van der Waals surface area contributed by atoms with E-state index in [-0.39, 0.29) is 5.82 Å². The van der Waals surface area contributed by atoms with Gasteiger partial charge in [-0.25, -0.2) is 4.39 Å². The van der Waals surface area contributed by atoms with E-state index in [4.69, 9.17) is 0 Å². The van der Waals surface area contributed by atoms with Gasteiger partial charge < -0.3 is 0 Å². The summed E-state index contributed by atoms with van der Waals surface area (Å²) in [7, 11) is 0. The Morgan fingerprint density at radius 3 is 2.07 bits per heavy atom. The second kappa shape index (κ2) is 8.93. The van der Waals surface area contributed by atoms with Gasteiger partial charge in [0.25, 0.3) is 0 Å². The van der Waals surface area contributed by atoms with Crippen LogP contribution in [0, 0.1) is 17.7 Å². The summed E-state index contributed by atoms with van der Waals surface area (Å²) >= 11 is 0. The van der Waals surface area contributed by atoms with E-state index >= 15 is 0 Å². The van der Waals surface area contributed by atoms with E-state index in [1.165, 1.54) is 64.9 Å². The molecule has 0 heterocycles. The molecule has 4 rings (SSSR count). The van der Waals surface area contributed by atoms with Crippen LogP contribution in [0.4, 0.5) is 4.39 Å². The number of halogens is 1. The van der Waals surface area contributed by atoms with E-state index in [1.54, 1.807) is 12.1 Å². The first-order valence-corrected chi connectivity index (χ1v) is 10.5. The zero-order valence-electron chi connectivity index (χ0n) is 16.8. The largest absolute Gasteiger partial charge is 0.207 e. The molecule has 0 saturated carbocycles. The average molecular weight is 381 g/mol. The molecule has 0 unspecified atom stereocenters. The molecule has 0 aliphatic rings. The number of benzene rings is 4. The fourth-order valence-electron chi connectivity index (χ4n) is 3.79. The predicted octanol–water partition coefficient (Wildman–Crippen LogP) is 7.65. The second-order valence-corrected chi connectivity index (χ2v) is 7.62. The van der Waals surface area contributed by atoms with Crippen LogP contribution in [-0.2, 0) is 6.42 Å². The number of hydrogen-bond donors (Lipinski definition) is 0. The maximum absolute atomic E-state index is 13.0. The highest BCUT2D eigenvalue weighted by Gasteiger charge is 2.03. The molecule has 4 aromatic carbocycles. The highest BCUT2D eigenvalue weighted by atomic mass is 19.1. The van der Waals surface area contributed by atoms with Gasteiger partial charge in [0.05, 0.1) is 0 Å². The summed E-state index contributed by atoms with van der Waals surface area (Å²) < 4.78 is 13.0. The Labute approximate surface area is 172 Å². The van der Waals surface area contributed by atoms with E-state index in [0.717, 1.165) is 17.5 Å². The van der Waals surface area contributed by atoms with Crippen molar-refractivity contribution in [3.05, 3.63) is 95.3 Å². The van der Waals surface area contributed by atoms with Gasteiger partial charge in [0.2, 0.25) is 0 Å². The Balaban J connectivity index is 1.59. The second-order valence-electron chi connectivity index (χ2n) is 7.62. The molecule has 1 heteroatoms. The molecule has 0 aliphatic heterocycles. The Bertz CT molecular complexity index is 1190. The van der Waals surface area contributed by atoms with Gasteiger partial charge in [0.1, 0.15) is 5.82 Å². The summed E-state index contributed by atoms with van der Waals surface area (Å²) in [4.78, 5) is 0. The topological polar surface area (TPSA) is 0 Å². The third-order valence-corrected chi connectivity index (χ3v) is 5.41. The number of hydrogen-bond acceptors (Lipinski definition) is 0. The first-order chi connectivity index (χ1) is 14.2. The molecule has 0 aliphatic carbocycles. The lowest BCUT2D eigenvalue weighted by atomic mass is 9.97. The van der Waals surface area contributed by atoms with Crippen molar-refractivity contribution in [2.45, 2.75) is 39.0 Å². The van der Waals surface area contributed by atoms with Crippen LogP contribution >= 0.6 is 0 Å². The summed E-state index contributed by atoms with van der Waals surface area (Å²) in [5, 5.41) is 5.04. The van der Waals surface area contributed by atoms with Gasteiger partial charge in [-0.1, -0.05) is 74.4 Å². The summed E-state index contributed by atoms with van der Waals surface area (Å²) in [6, 6.07) is 23.9. The van der Waals surface area contributed by atoms with Crippen molar-refractivity contribution in [2.75, 3.05) is 0 Å². The summed E-state index contributed by atoms with van der Waals surface area (Å²) in [6.07, 6.45) is 6.34. The first-order valence-electron chi connectivity index (χ1n) is 10.5. The smallest absolute Gasteiger partial charge is 0.123 e. The van der Waals surface area contributed by atoms with Gasteiger partial charge in [-0.05, 0) is 76.3 Å². The number of unbranched alkanes of at least 4 members (excludes halogenated alkanes) is 3. The van der Waals surface area contributed by atoms with Crippen LogP contribution in [0.2, 0.25) is 0 Å². The van der Waals surface area contributed by atoms with Crippen LogP contribution in [0.1, 0.15) is 49.3 Å². The van der Waals surface area contributed by atoms with Crippen molar-refractivity contribution in [2.24, 2.45) is 0 Å². The molecule has 0 atom stereocenters. The highest BCUT2D eigenvalue weighted by Crippen LogP contribution is 2.27. The fraction of sp³-hybridized carbons (Fsp3) is 0.214. The predicted molar refractivity (Wildman–Crippen MR) is 122 cm³/mol. The lowest BCUT2D eigenvalue weighted by molar-refractivity contribution is 0.627. The van der Waals surface area contributed by atoms with Crippen LogP contribution in [0.15, 0.2) is 72.8 Å². The fourth-order valence-corrected chi connectivity index (χ4v) is 3.79. The molecule has 0 aromatic heterocycles. The van der Waals surface area contributed by atoms with Crippen molar-refractivity contribution in [3.63, 3.8) is 0 Å². The van der Waals surface area contributed by atoms with E-state index in [1.807, 2.05) is 0 Å². The molecular weight excluding hydrogens is 355 g/mol. The van der Waals surface area contributed by atoms with Crippen LogP contribution in [0.25, 0.3) is 21.5 Å². The molecule has 0 N–H and O–H groups in total. The highest BCUT2D eigenvalue weighted by molar-refractivity contribution is 6.07. The maximum Gasteiger partial charge on any atom is 0.123 e. The molecule has 0 radical (unpaired) electrons. The summed E-state index contributed by atoms with van der Waals surface area (Å²) in [5.41, 5.74) is 3.21. The van der Waals surface area contributed by atoms with E-state index < -0.39 is 0 Å². The molecule has 0 fully saturated rings. The Morgan fingerprint density at radius 1 is 0.655 bits per heavy atom. The van der Waals surface area contributed by atoms with Crippen molar-refractivity contribution in [3.8, 4) is 11.8 Å². The number of rotatable bonds is 5. The van der Waals surface area contributed by atoms with Gasteiger partial charge in [-0.2, -0.15) is 0 Å². The van der Waals surface area contributed by atoms with Gasteiger partial charge in [-0.15, -0.1) is 0 Å². The monoisotopic (exact) mass is 380 g/mol. The van der Waals surface area contributed by atoms with Gasteiger partial charge in [0.15, 0.2) is 0 Å². The molecule has 0 spiro atoms. The van der Waals surface area contributed by atoms with Crippen molar-refractivity contribution < 1.29 is 4.39 Å². The van der Waals surface area contributed by atoms with Crippen molar-refractivity contribution >= 4 is 21.5 Å². The Kier molecular flexibility index (Phi) is 5.92. The molecule has 144 valence electrons. The average Bonchev–Trinajstić information content (AvgIpc) is 2.76. The lowest BCUT2D eigenvalue weighted by Crippen LogP contribution is -1.87. The molecule has 4 aromatic rings. The lowest BCUT2D eigenvalue weighted by Gasteiger charge is -2.07. The number of aryl methyl sites for hydroxylation is 1. The molecule has 0 amide bonds. The Morgan fingerprint density at radius 2 is 1.31 bits per heavy atom. The molecular formula is C28H25F. The van der Waals surface area contributed by atoms with E-state index in [2.05, 4.69) is 67.3 Å². The minimum absolute atomic E-state index is 0.239. The standard InChI is InChI=1S/C28H25F/c1-2-3-4-5-6-22-11-17-27-24(19-22)13-14-25-20-23(12-18-28(25)27)8-7-21-9-15-26(29)16-10-21/h9-20H,2-6H2,1H3. The minimum atomic E-state index is -0.239. The third kappa shape index (κ3) is 4.66. The molecule has 0 bridgehead atoms. The van der Waals surface area contributed by atoms with Crippen molar-refractivity contribution in [1.29, 1.82) is 0 Å². The third-order valence-electron chi connectivity index (χ3n) is 5.41. The van der Waals surface area contributed by atoms with Crippen LogP contribution in [-0.4, -0.2) is 0 Å². The zero-order valence-corrected chi connectivity index (χ0v) is 16.8. The Hall–Kier alpha value is -3.11.